The Labute approximate surface area is 171 Å². The second kappa shape index (κ2) is 8.52. The molecule has 8 heteroatoms. The van der Waals surface area contributed by atoms with Gasteiger partial charge in [0.1, 0.15) is 17.5 Å². The highest BCUT2D eigenvalue weighted by atomic mass is 35.5. The number of nitrogens with one attached hydrogen (secondary N) is 1. The van der Waals surface area contributed by atoms with E-state index in [0.29, 0.717) is 28.0 Å². The SMILES string of the molecule is CC(C)c1nc(CO)n(Cc2ccc[nH]c2=O)c1Sc1cc(Cl)cc(Cl)c1. The number of H-pyrrole nitrogens is 1. The molecule has 0 bridgehead atoms. The fourth-order valence-electron chi connectivity index (χ4n) is 2.72. The molecule has 0 unspecified atom stereocenters. The van der Waals surface area contributed by atoms with Crippen molar-refractivity contribution in [2.75, 3.05) is 0 Å². The van der Waals surface area contributed by atoms with Crippen molar-refractivity contribution in [1.82, 2.24) is 14.5 Å². The molecular weight excluding hydrogens is 405 g/mol. The minimum absolute atomic E-state index is 0.141. The first-order chi connectivity index (χ1) is 12.9. The molecule has 0 aliphatic rings. The van der Waals surface area contributed by atoms with Crippen molar-refractivity contribution in [2.24, 2.45) is 0 Å². The molecule has 142 valence electrons. The van der Waals surface area contributed by atoms with Crippen LogP contribution in [0.1, 0.15) is 36.8 Å². The van der Waals surface area contributed by atoms with Crippen molar-refractivity contribution >= 4 is 35.0 Å². The molecule has 3 aromatic rings. The quantitative estimate of drug-likeness (QED) is 0.602. The highest BCUT2D eigenvalue weighted by Crippen LogP contribution is 2.37. The average molecular weight is 424 g/mol. The Balaban J connectivity index is 2.10. The molecule has 0 fully saturated rings. The number of aliphatic hydroxyl groups is 1. The maximum atomic E-state index is 12.1. The number of nitrogens with zero attached hydrogens (tertiary/aromatic N) is 2. The zero-order valence-electron chi connectivity index (χ0n) is 14.9. The summed E-state index contributed by atoms with van der Waals surface area (Å²) >= 11 is 13.7. The molecule has 5 nitrogen and oxygen atoms in total. The van der Waals surface area contributed by atoms with Gasteiger partial charge in [-0.05, 0) is 30.2 Å². The average Bonchev–Trinajstić information content (AvgIpc) is 2.94. The number of rotatable bonds is 6. The molecule has 0 aliphatic heterocycles. The van der Waals surface area contributed by atoms with E-state index in [9.17, 15) is 9.90 Å². The summed E-state index contributed by atoms with van der Waals surface area (Å²) in [7, 11) is 0. The van der Waals surface area contributed by atoms with Crippen LogP contribution in [0.3, 0.4) is 0 Å². The van der Waals surface area contributed by atoms with Crippen molar-refractivity contribution in [3.05, 3.63) is 74.0 Å². The van der Waals surface area contributed by atoms with Crippen LogP contribution >= 0.6 is 35.0 Å². The number of benzene rings is 1. The Morgan fingerprint density at radius 3 is 2.56 bits per heavy atom. The second-order valence-electron chi connectivity index (χ2n) is 6.35. The van der Waals surface area contributed by atoms with Gasteiger partial charge in [0, 0.05) is 26.7 Å². The molecule has 3 rings (SSSR count). The largest absolute Gasteiger partial charge is 0.388 e. The van der Waals surface area contributed by atoms with Crippen LogP contribution in [0.4, 0.5) is 0 Å². The van der Waals surface area contributed by atoms with Crippen molar-refractivity contribution in [1.29, 1.82) is 0 Å². The van der Waals surface area contributed by atoms with Crippen LogP contribution in [0.15, 0.2) is 51.2 Å². The zero-order chi connectivity index (χ0) is 19.6. The van der Waals surface area contributed by atoms with Gasteiger partial charge in [-0.3, -0.25) is 4.79 Å². The van der Waals surface area contributed by atoms with E-state index >= 15 is 0 Å². The predicted molar refractivity (Wildman–Crippen MR) is 109 cm³/mol. The summed E-state index contributed by atoms with van der Waals surface area (Å²) < 4.78 is 1.87. The van der Waals surface area contributed by atoms with Crippen LogP contribution in [0.5, 0.6) is 0 Å². The molecule has 0 saturated heterocycles. The Morgan fingerprint density at radius 2 is 1.96 bits per heavy atom. The molecule has 1 aromatic carbocycles. The summed E-state index contributed by atoms with van der Waals surface area (Å²) in [5.74, 6) is 0.653. The fraction of sp³-hybridized carbons (Fsp3) is 0.263. The van der Waals surface area contributed by atoms with Gasteiger partial charge in [-0.2, -0.15) is 0 Å². The minimum atomic E-state index is -0.221. The normalized spacial score (nSPS) is 11.3. The third-order valence-corrected chi connectivity index (χ3v) is 5.52. The number of halogens is 2. The van der Waals surface area contributed by atoms with E-state index in [0.717, 1.165) is 15.6 Å². The summed E-state index contributed by atoms with van der Waals surface area (Å²) in [5, 5.41) is 11.8. The van der Waals surface area contributed by atoms with Gasteiger partial charge in [0.15, 0.2) is 0 Å². The topological polar surface area (TPSA) is 70.9 Å². The van der Waals surface area contributed by atoms with E-state index in [2.05, 4.69) is 9.97 Å². The van der Waals surface area contributed by atoms with E-state index in [1.807, 2.05) is 30.5 Å². The lowest BCUT2D eigenvalue weighted by molar-refractivity contribution is 0.264. The van der Waals surface area contributed by atoms with Gasteiger partial charge in [0.05, 0.1) is 12.2 Å². The van der Waals surface area contributed by atoms with Gasteiger partial charge >= 0.3 is 0 Å². The van der Waals surface area contributed by atoms with Gasteiger partial charge in [0.25, 0.3) is 5.56 Å². The molecule has 27 heavy (non-hydrogen) atoms. The molecule has 0 saturated carbocycles. The van der Waals surface area contributed by atoms with E-state index in [1.54, 1.807) is 24.4 Å². The van der Waals surface area contributed by atoms with E-state index in [-0.39, 0.29) is 18.1 Å². The van der Waals surface area contributed by atoms with Crippen LogP contribution in [-0.2, 0) is 13.2 Å². The summed E-state index contributed by atoms with van der Waals surface area (Å²) in [6.45, 7) is 4.17. The van der Waals surface area contributed by atoms with E-state index < -0.39 is 0 Å². The van der Waals surface area contributed by atoms with Crippen LogP contribution in [0.25, 0.3) is 0 Å². The lowest BCUT2D eigenvalue weighted by Crippen LogP contribution is -2.16. The van der Waals surface area contributed by atoms with Crippen LogP contribution in [-0.4, -0.2) is 19.6 Å². The Hall–Kier alpha value is -1.73. The third-order valence-electron chi connectivity index (χ3n) is 3.99. The number of pyridine rings is 1. The molecule has 2 heterocycles. The molecule has 2 aromatic heterocycles. The Kier molecular flexibility index (Phi) is 6.32. The smallest absolute Gasteiger partial charge is 0.252 e. The number of aromatic nitrogens is 3. The molecule has 0 amide bonds. The Bertz CT molecular complexity index is 994. The molecule has 2 N–H and O–H groups in total. The number of imidazole rings is 1. The number of hydrogen-bond donors (Lipinski definition) is 2. The summed E-state index contributed by atoms with van der Waals surface area (Å²) in [5.41, 5.74) is 1.28. The number of aromatic amines is 1. The number of aliphatic hydroxyl groups excluding tert-OH is 1. The molecular formula is C19H19Cl2N3O2S. The zero-order valence-corrected chi connectivity index (χ0v) is 17.2. The van der Waals surface area contributed by atoms with Gasteiger partial charge < -0.3 is 14.7 Å². The summed E-state index contributed by atoms with van der Waals surface area (Å²) in [4.78, 5) is 20.3. The molecule has 0 radical (unpaired) electrons. The maximum absolute atomic E-state index is 12.1. The first-order valence-electron chi connectivity index (χ1n) is 8.39. The van der Waals surface area contributed by atoms with Crippen LogP contribution in [0.2, 0.25) is 10.0 Å². The van der Waals surface area contributed by atoms with E-state index in [1.165, 1.54) is 11.8 Å². The van der Waals surface area contributed by atoms with Gasteiger partial charge in [-0.25, -0.2) is 4.98 Å². The van der Waals surface area contributed by atoms with Crippen LogP contribution in [0, 0.1) is 0 Å². The molecule has 0 aliphatic carbocycles. The van der Waals surface area contributed by atoms with Gasteiger partial charge in [-0.1, -0.05) is 54.9 Å². The second-order valence-corrected chi connectivity index (χ2v) is 8.28. The Morgan fingerprint density at radius 1 is 1.26 bits per heavy atom. The lowest BCUT2D eigenvalue weighted by Gasteiger charge is -2.13. The molecule has 0 spiro atoms. The monoisotopic (exact) mass is 423 g/mol. The highest BCUT2D eigenvalue weighted by molar-refractivity contribution is 7.99. The van der Waals surface area contributed by atoms with E-state index in [4.69, 9.17) is 23.2 Å². The number of hydrogen-bond acceptors (Lipinski definition) is 4. The lowest BCUT2D eigenvalue weighted by atomic mass is 10.1. The van der Waals surface area contributed by atoms with Crippen LogP contribution < -0.4 is 5.56 Å². The molecule has 0 atom stereocenters. The first-order valence-corrected chi connectivity index (χ1v) is 9.97. The summed E-state index contributed by atoms with van der Waals surface area (Å²) in [6, 6.07) is 8.87. The van der Waals surface area contributed by atoms with Crippen molar-refractivity contribution in [2.45, 2.75) is 42.8 Å². The van der Waals surface area contributed by atoms with Crippen molar-refractivity contribution in [3.63, 3.8) is 0 Å². The minimum Gasteiger partial charge on any atom is -0.388 e. The predicted octanol–water partition coefficient (Wildman–Crippen LogP) is 4.69. The maximum Gasteiger partial charge on any atom is 0.252 e. The first kappa shape index (κ1) is 20.0. The third kappa shape index (κ3) is 4.58. The highest BCUT2D eigenvalue weighted by Gasteiger charge is 2.21. The standard InChI is InChI=1S/C19H19Cl2N3O2S/c1-11(2)17-19(27-15-7-13(20)6-14(21)8-15)24(16(10-25)23-17)9-12-4-3-5-22-18(12)26/h3-8,11,25H,9-10H2,1-2H3,(H,22,26). The van der Waals surface area contributed by atoms with Crippen molar-refractivity contribution in [3.8, 4) is 0 Å². The fourth-order valence-corrected chi connectivity index (χ4v) is 4.64. The van der Waals surface area contributed by atoms with Gasteiger partial charge in [0.2, 0.25) is 0 Å². The summed E-state index contributed by atoms with van der Waals surface area (Å²) in [6.07, 6.45) is 1.59. The van der Waals surface area contributed by atoms with Crippen molar-refractivity contribution < 1.29 is 5.11 Å². The van der Waals surface area contributed by atoms with Gasteiger partial charge in [-0.15, -0.1) is 0 Å².